The number of hydrogen-bond donors (Lipinski definition) is 4. The predicted molar refractivity (Wildman–Crippen MR) is 151 cm³/mol. The maximum absolute atomic E-state index is 13.7. The van der Waals surface area contributed by atoms with Crippen molar-refractivity contribution in [1.29, 1.82) is 0 Å². The molecule has 12 nitrogen and oxygen atoms in total. The van der Waals surface area contributed by atoms with Gasteiger partial charge in [0.15, 0.2) is 0 Å². The number of benzene rings is 2. The number of ether oxygens (including phenoxy) is 2. The lowest BCUT2D eigenvalue weighted by Gasteiger charge is -2.38. The molecular formula is C27H33FN4O8S2. The van der Waals surface area contributed by atoms with Crippen molar-refractivity contribution in [3.8, 4) is 11.5 Å². The number of hydrogen-bond acceptors (Lipinski definition) is 10. The predicted octanol–water partition coefficient (Wildman–Crippen LogP) is 1.33. The fourth-order valence-corrected chi connectivity index (χ4v) is 7.57. The number of pyridine rings is 1. The largest absolute Gasteiger partial charge is 0.506 e. The summed E-state index contributed by atoms with van der Waals surface area (Å²) in [5.74, 6) is -0.821. The van der Waals surface area contributed by atoms with Crippen LogP contribution >= 0.6 is 0 Å². The van der Waals surface area contributed by atoms with E-state index in [1.807, 2.05) is 0 Å². The maximum Gasteiger partial charge on any atom is 0.248 e. The van der Waals surface area contributed by atoms with Crippen LogP contribution in [0.1, 0.15) is 19.3 Å². The van der Waals surface area contributed by atoms with Crippen molar-refractivity contribution in [2.45, 2.75) is 46.8 Å². The van der Waals surface area contributed by atoms with Gasteiger partial charge in [0.2, 0.25) is 20.0 Å². The highest BCUT2D eigenvalue weighted by Crippen LogP contribution is 2.39. The second-order valence-corrected chi connectivity index (χ2v) is 14.3. The molecule has 5 rings (SSSR count). The topological polar surface area (TPSA) is 167 Å². The Hall–Kier alpha value is -2.92. The van der Waals surface area contributed by atoms with Crippen LogP contribution in [-0.2, 0) is 24.8 Å². The summed E-state index contributed by atoms with van der Waals surface area (Å²) in [5.41, 5.74) is -0.230. The number of aromatic nitrogens is 1. The quantitative estimate of drug-likeness (QED) is 0.258. The number of fused-ring (bicyclic) bond motifs is 1. The van der Waals surface area contributed by atoms with Gasteiger partial charge in [-0.3, -0.25) is 4.98 Å². The molecule has 0 saturated carbocycles. The fourth-order valence-electron chi connectivity index (χ4n) is 5.32. The van der Waals surface area contributed by atoms with E-state index < -0.39 is 43.3 Å². The number of nitrogens with one attached hydrogen (secondary N) is 2. The number of halogens is 1. The van der Waals surface area contributed by atoms with Crippen LogP contribution in [0.3, 0.4) is 0 Å². The van der Waals surface area contributed by atoms with E-state index in [2.05, 4.69) is 15.0 Å². The first-order valence-electron chi connectivity index (χ1n) is 13.4. The summed E-state index contributed by atoms with van der Waals surface area (Å²) in [6.45, 7) is 0.910. The molecule has 1 aromatic heterocycles. The number of aliphatic hydroxyl groups is 1. The van der Waals surface area contributed by atoms with E-state index in [0.29, 0.717) is 31.6 Å². The van der Waals surface area contributed by atoms with Gasteiger partial charge in [-0.05, 0) is 56.6 Å². The molecule has 0 bridgehead atoms. The Morgan fingerprint density at radius 1 is 1.19 bits per heavy atom. The smallest absolute Gasteiger partial charge is 0.248 e. The first-order valence-corrected chi connectivity index (χ1v) is 16.3. The van der Waals surface area contributed by atoms with Crippen molar-refractivity contribution in [1.82, 2.24) is 19.3 Å². The van der Waals surface area contributed by atoms with E-state index >= 15 is 0 Å². The SMILES string of the molecule is CNS(=O)(=O)c1cccc(OC[C@@H](O)CN[C@H]2COC3(CCN(S(=O)(=O)c4cnc5ccc(F)cc5c4O)CC3)C2)c1. The molecule has 1 spiro atoms. The minimum Gasteiger partial charge on any atom is -0.506 e. The van der Waals surface area contributed by atoms with Gasteiger partial charge in [0.25, 0.3) is 0 Å². The van der Waals surface area contributed by atoms with Gasteiger partial charge in [0.05, 0.1) is 28.8 Å². The number of rotatable bonds is 10. The molecule has 2 aliphatic rings. The molecule has 3 aromatic rings. The normalized spacial score (nSPS) is 20.2. The molecule has 0 radical (unpaired) electrons. The highest BCUT2D eigenvalue weighted by Gasteiger charge is 2.45. The zero-order valence-electron chi connectivity index (χ0n) is 22.9. The van der Waals surface area contributed by atoms with Crippen LogP contribution in [0, 0.1) is 5.82 Å². The van der Waals surface area contributed by atoms with Crippen LogP contribution in [-0.4, -0.2) is 94.0 Å². The van der Waals surface area contributed by atoms with Crippen molar-refractivity contribution < 1.29 is 40.9 Å². The molecule has 0 aliphatic carbocycles. The van der Waals surface area contributed by atoms with Gasteiger partial charge in [-0.1, -0.05) is 6.07 Å². The third kappa shape index (κ3) is 6.37. The van der Waals surface area contributed by atoms with Gasteiger partial charge in [0.1, 0.15) is 34.9 Å². The Labute approximate surface area is 243 Å². The number of aliphatic hydroxyl groups excluding tert-OH is 1. The lowest BCUT2D eigenvalue weighted by atomic mass is 9.88. The van der Waals surface area contributed by atoms with Crippen LogP contribution in [0.2, 0.25) is 0 Å². The average Bonchev–Trinajstić information content (AvgIpc) is 3.37. The maximum atomic E-state index is 13.7. The summed E-state index contributed by atoms with van der Waals surface area (Å²) in [4.78, 5) is 3.78. The molecule has 2 aromatic carbocycles. The number of aromatic hydroxyl groups is 1. The van der Waals surface area contributed by atoms with Gasteiger partial charge in [-0.15, -0.1) is 0 Å². The van der Waals surface area contributed by atoms with Gasteiger partial charge in [-0.2, -0.15) is 4.31 Å². The van der Waals surface area contributed by atoms with E-state index in [4.69, 9.17) is 9.47 Å². The van der Waals surface area contributed by atoms with E-state index in [1.165, 1.54) is 35.6 Å². The first kappa shape index (κ1) is 30.5. The molecule has 15 heteroatoms. The van der Waals surface area contributed by atoms with E-state index in [1.54, 1.807) is 12.1 Å². The molecule has 2 saturated heterocycles. The fraction of sp³-hybridized carbons (Fsp3) is 0.444. The van der Waals surface area contributed by atoms with Crippen LogP contribution in [0.15, 0.2) is 58.5 Å². The second kappa shape index (κ2) is 12.0. The molecule has 3 heterocycles. The summed E-state index contributed by atoms with van der Waals surface area (Å²) < 4.78 is 79.5. The molecule has 2 fully saturated rings. The summed E-state index contributed by atoms with van der Waals surface area (Å²) in [6, 6.07) is 9.54. The average molecular weight is 625 g/mol. The molecule has 2 aliphatic heterocycles. The van der Waals surface area contributed by atoms with E-state index in [-0.39, 0.29) is 53.0 Å². The van der Waals surface area contributed by atoms with Crippen LogP contribution < -0.4 is 14.8 Å². The summed E-state index contributed by atoms with van der Waals surface area (Å²) in [7, 11) is -6.37. The molecule has 2 atom stereocenters. The summed E-state index contributed by atoms with van der Waals surface area (Å²) in [5, 5.41) is 24.3. The summed E-state index contributed by atoms with van der Waals surface area (Å²) in [6.07, 6.45) is 1.74. The highest BCUT2D eigenvalue weighted by molar-refractivity contribution is 7.89. The summed E-state index contributed by atoms with van der Waals surface area (Å²) >= 11 is 0. The third-order valence-electron chi connectivity index (χ3n) is 7.70. The zero-order valence-corrected chi connectivity index (χ0v) is 24.5. The van der Waals surface area contributed by atoms with E-state index in [9.17, 15) is 31.4 Å². The third-order valence-corrected chi connectivity index (χ3v) is 11.0. The Morgan fingerprint density at radius 3 is 2.69 bits per heavy atom. The van der Waals surface area contributed by atoms with Crippen LogP contribution in [0.5, 0.6) is 11.5 Å². The molecular weight excluding hydrogens is 591 g/mol. The highest BCUT2D eigenvalue weighted by atomic mass is 32.2. The minimum absolute atomic E-state index is 0.0282. The van der Waals surface area contributed by atoms with Gasteiger partial charge >= 0.3 is 0 Å². The Balaban J connectivity index is 1.12. The van der Waals surface area contributed by atoms with Crippen molar-refractivity contribution in [2.24, 2.45) is 0 Å². The van der Waals surface area contributed by atoms with Crippen LogP contribution in [0.4, 0.5) is 4.39 Å². The van der Waals surface area contributed by atoms with Crippen molar-refractivity contribution in [3.63, 3.8) is 0 Å². The van der Waals surface area contributed by atoms with Crippen molar-refractivity contribution in [2.75, 3.05) is 39.9 Å². The standard InChI is InChI=1S/C27H33FN4O8S2/c1-29-41(35,36)22-4-2-3-21(12-22)39-17-20(33)14-30-19-13-27(40-16-19)7-9-32(10-8-27)42(37,38)25-15-31-24-6-5-18(28)11-23(24)26(25)34/h2-6,11-12,15,19-20,29-30,33H,7-10,13-14,16-17H2,1H3,(H,31,34)/t19-,20+/m1/s1. The van der Waals surface area contributed by atoms with Gasteiger partial charge < -0.3 is 25.0 Å². The Morgan fingerprint density at radius 2 is 1.95 bits per heavy atom. The molecule has 4 N–H and O–H groups in total. The van der Waals surface area contributed by atoms with Crippen molar-refractivity contribution in [3.05, 3.63) is 54.5 Å². The van der Waals surface area contributed by atoms with Crippen LogP contribution in [0.25, 0.3) is 10.9 Å². The monoisotopic (exact) mass is 624 g/mol. The second-order valence-electron chi connectivity index (χ2n) is 10.5. The van der Waals surface area contributed by atoms with Gasteiger partial charge in [0, 0.05) is 37.1 Å². The minimum atomic E-state index is -4.08. The number of sulfonamides is 2. The Kier molecular flexibility index (Phi) is 8.72. The molecule has 228 valence electrons. The number of nitrogens with zero attached hydrogens (tertiary/aromatic N) is 2. The lowest BCUT2D eigenvalue weighted by molar-refractivity contribution is -0.0312. The first-order chi connectivity index (χ1) is 19.9. The molecule has 0 amide bonds. The molecule has 0 unspecified atom stereocenters. The Bertz CT molecular complexity index is 1660. The molecule has 42 heavy (non-hydrogen) atoms. The number of piperidine rings is 1. The van der Waals surface area contributed by atoms with Gasteiger partial charge in [-0.25, -0.2) is 25.9 Å². The van der Waals surface area contributed by atoms with E-state index in [0.717, 1.165) is 12.3 Å². The lowest BCUT2D eigenvalue weighted by Crippen LogP contribution is -2.47. The van der Waals surface area contributed by atoms with Crippen molar-refractivity contribution >= 4 is 30.9 Å². The zero-order chi connectivity index (χ0) is 30.1.